The van der Waals surface area contributed by atoms with Crippen molar-refractivity contribution >= 4 is 11.7 Å². The maximum Gasteiger partial charge on any atom is 0.319 e. The molecule has 0 aromatic heterocycles. The summed E-state index contributed by atoms with van der Waals surface area (Å²) in [5.41, 5.74) is 1.38. The molecular formula is C17H26N2O2. The monoisotopic (exact) mass is 290 g/mol. The molecule has 0 unspecified atom stereocenters. The molecule has 0 aliphatic heterocycles. The van der Waals surface area contributed by atoms with Gasteiger partial charge >= 0.3 is 6.03 Å². The number of benzene rings is 1. The van der Waals surface area contributed by atoms with Crippen LogP contribution < -0.4 is 10.6 Å². The predicted molar refractivity (Wildman–Crippen MR) is 85.6 cm³/mol. The van der Waals surface area contributed by atoms with E-state index in [1.807, 2.05) is 24.3 Å². The highest BCUT2D eigenvalue weighted by Gasteiger charge is 2.31. The van der Waals surface area contributed by atoms with Crippen molar-refractivity contribution in [3.63, 3.8) is 0 Å². The smallest absolute Gasteiger partial charge is 0.319 e. The van der Waals surface area contributed by atoms with Crippen LogP contribution in [0.15, 0.2) is 24.3 Å². The molecular weight excluding hydrogens is 264 g/mol. The van der Waals surface area contributed by atoms with Crippen LogP contribution >= 0.6 is 0 Å². The second kappa shape index (κ2) is 6.06. The van der Waals surface area contributed by atoms with Gasteiger partial charge in [0, 0.05) is 12.2 Å². The van der Waals surface area contributed by atoms with Crippen molar-refractivity contribution in [2.75, 3.05) is 11.9 Å². The lowest BCUT2D eigenvalue weighted by Crippen LogP contribution is -2.42. The van der Waals surface area contributed by atoms with Crippen LogP contribution in [0.2, 0.25) is 0 Å². The average Bonchev–Trinajstić information content (AvgIpc) is 2.84. The van der Waals surface area contributed by atoms with Crippen molar-refractivity contribution in [2.45, 2.75) is 57.5 Å². The van der Waals surface area contributed by atoms with E-state index in [1.165, 1.54) is 5.56 Å². The maximum absolute atomic E-state index is 11.9. The summed E-state index contributed by atoms with van der Waals surface area (Å²) >= 11 is 0. The van der Waals surface area contributed by atoms with E-state index in [0.29, 0.717) is 6.54 Å². The number of anilines is 1. The number of aliphatic hydroxyl groups is 1. The highest BCUT2D eigenvalue weighted by molar-refractivity contribution is 5.89. The standard InChI is InChI=1S/C17H26N2O2/c1-16(2,3)13-6-8-14(9-7-13)19-15(20)18-12-17(21)10-4-5-11-17/h6-9,21H,4-5,10-12H2,1-3H3,(H2,18,19,20). The minimum absolute atomic E-state index is 0.104. The zero-order valence-electron chi connectivity index (χ0n) is 13.2. The van der Waals surface area contributed by atoms with Gasteiger partial charge in [-0.1, -0.05) is 45.7 Å². The normalized spacial score (nSPS) is 17.5. The van der Waals surface area contributed by atoms with Crippen LogP contribution in [-0.4, -0.2) is 23.3 Å². The van der Waals surface area contributed by atoms with Gasteiger partial charge in [0.05, 0.1) is 5.60 Å². The van der Waals surface area contributed by atoms with Gasteiger partial charge in [-0.05, 0) is 36.0 Å². The van der Waals surface area contributed by atoms with Crippen molar-refractivity contribution in [2.24, 2.45) is 0 Å². The molecule has 0 bridgehead atoms. The molecule has 1 aromatic rings. The van der Waals surface area contributed by atoms with E-state index >= 15 is 0 Å². The van der Waals surface area contributed by atoms with Crippen molar-refractivity contribution in [3.8, 4) is 0 Å². The lowest BCUT2D eigenvalue weighted by Gasteiger charge is -2.22. The molecule has 1 aliphatic rings. The summed E-state index contributed by atoms with van der Waals surface area (Å²) in [5, 5.41) is 15.7. The summed E-state index contributed by atoms with van der Waals surface area (Å²) in [6.45, 7) is 6.79. The number of amides is 2. The van der Waals surface area contributed by atoms with Crippen molar-refractivity contribution in [1.82, 2.24) is 5.32 Å². The number of carbonyl (C=O) groups excluding carboxylic acids is 1. The Labute approximate surface area is 126 Å². The Kier molecular flexibility index (Phi) is 4.57. The lowest BCUT2D eigenvalue weighted by atomic mass is 9.87. The van der Waals surface area contributed by atoms with Gasteiger partial charge in [0.2, 0.25) is 0 Å². The Bertz CT molecular complexity index is 483. The third kappa shape index (κ3) is 4.46. The average molecular weight is 290 g/mol. The van der Waals surface area contributed by atoms with Crippen LogP contribution in [-0.2, 0) is 5.41 Å². The number of carbonyl (C=O) groups is 1. The van der Waals surface area contributed by atoms with Gasteiger partial charge in [-0.3, -0.25) is 0 Å². The first-order chi connectivity index (χ1) is 9.78. The number of urea groups is 1. The summed E-state index contributed by atoms with van der Waals surface area (Å²) in [6.07, 6.45) is 3.61. The fourth-order valence-corrected chi connectivity index (χ4v) is 2.68. The van der Waals surface area contributed by atoms with Crippen LogP contribution in [0.1, 0.15) is 52.0 Å². The number of nitrogens with one attached hydrogen (secondary N) is 2. The van der Waals surface area contributed by atoms with E-state index in [-0.39, 0.29) is 11.4 Å². The Balaban J connectivity index is 1.85. The Morgan fingerprint density at radius 1 is 1.19 bits per heavy atom. The first kappa shape index (κ1) is 15.8. The zero-order chi connectivity index (χ0) is 15.5. The van der Waals surface area contributed by atoms with Gasteiger partial charge in [-0.15, -0.1) is 0 Å². The molecule has 0 spiro atoms. The Morgan fingerprint density at radius 2 is 1.76 bits per heavy atom. The minimum Gasteiger partial charge on any atom is -0.388 e. The molecule has 4 nitrogen and oxygen atoms in total. The molecule has 4 heteroatoms. The predicted octanol–water partition coefficient (Wildman–Crippen LogP) is 3.41. The van der Waals surface area contributed by atoms with Crippen LogP contribution in [0.4, 0.5) is 10.5 Å². The van der Waals surface area contributed by atoms with Crippen LogP contribution in [0.25, 0.3) is 0 Å². The van der Waals surface area contributed by atoms with E-state index in [4.69, 9.17) is 0 Å². The van der Waals surface area contributed by atoms with Gasteiger partial charge in [-0.25, -0.2) is 4.79 Å². The first-order valence-electron chi connectivity index (χ1n) is 7.66. The molecule has 0 saturated heterocycles. The van der Waals surface area contributed by atoms with Gasteiger partial charge in [-0.2, -0.15) is 0 Å². The first-order valence-corrected chi connectivity index (χ1v) is 7.66. The lowest BCUT2D eigenvalue weighted by molar-refractivity contribution is 0.0506. The molecule has 0 atom stereocenters. The molecule has 1 aromatic carbocycles. The largest absolute Gasteiger partial charge is 0.388 e. The summed E-state index contributed by atoms with van der Waals surface area (Å²) in [4.78, 5) is 11.9. The molecule has 21 heavy (non-hydrogen) atoms. The highest BCUT2D eigenvalue weighted by Crippen LogP contribution is 2.28. The van der Waals surface area contributed by atoms with Crippen LogP contribution in [0.3, 0.4) is 0 Å². The summed E-state index contributed by atoms with van der Waals surface area (Å²) in [5.74, 6) is 0. The Morgan fingerprint density at radius 3 is 2.29 bits per heavy atom. The third-order valence-electron chi connectivity index (χ3n) is 4.12. The van der Waals surface area contributed by atoms with E-state index < -0.39 is 5.60 Å². The fraction of sp³-hybridized carbons (Fsp3) is 0.588. The second-order valence-corrected chi connectivity index (χ2v) is 7.07. The van der Waals surface area contributed by atoms with Gasteiger partial charge in [0.1, 0.15) is 0 Å². The molecule has 0 radical (unpaired) electrons. The molecule has 1 saturated carbocycles. The SMILES string of the molecule is CC(C)(C)c1ccc(NC(=O)NCC2(O)CCCC2)cc1. The van der Waals surface area contributed by atoms with Crippen molar-refractivity contribution in [1.29, 1.82) is 0 Å². The van der Waals surface area contributed by atoms with E-state index in [2.05, 4.69) is 31.4 Å². The van der Waals surface area contributed by atoms with E-state index in [9.17, 15) is 9.90 Å². The summed E-state index contributed by atoms with van der Waals surface area (Å²) in [7, 11) is 0. The molecule has 116 valence electrons. The van der Waals surface area contributed by atoms with Crippen LogP contribution in [0.5, 0.6) is 0 Å². The number of hydrogen-bond donors (Lipinski definition) is 3. The van der Waals surface area contributed by atoms with Crippen molar-refractivity contribution < 1.29 is 9.90 Å². The molecule has 1 aliphatic carbocycles. The second-order valence-electron chi connectivity index (χ2n) is 7.07. The molecule has 3 N–H and O–H groups in total. The summed E-state index contributed by atoms with van der Waals surface area (Å²) in [6, 6.07) is 7.61. The van der Waals surface area contributed by atoms with Gasteiger partial charge < -0.3 is 15.7 Å². The third-order valence-corrected chi connectivity index (χ3v) is 4.12. The summed E-state index contributed by atoms with van der Waals surface area (Å²) < 4.78 is 0. The zero-order valence-corrected chi connectivity index (χ0v) is 13.2. The molecule has 1 fully saturated rings. The number of hydrogen-bond acceptors (Lipinski definition) is 2. The fourth-order valence-electron chi connectivity index (χ4n) is 2.68. The maximum atomic E-state index is 11.9. The van der Waals surface area contributed by atoms with Gasteiger partial charge in [0.15, 0.2) is 0 Å². The van der Waals surface area contributed by atoms with Crippen LogP contribution in [0, 0.1) is 0 Å². The quantitative estimate of drug-likeness (QED) is 0.799. The highest BCUT2D eigenvalue weighted by atomic mass is 16.3. The minimum atomic E-state index is -0.715. The van der Waals surface area contributed by atoms with Gasteiger partial charge in [0.25, 0.3) is 0 Å². The molecule has 2 amide bonds. The molecule has 0 heterocycles. The van der Waals surface area contributed by atoms with Crippen molar-refractivity contribution in [3.05, 3.63) is 29.8 Å². The number of rotatable bonds is 3. The Hall–Kier alpha value is -1.55. The van der Waals surface area contributed by atoms with E-state index in [0.717, 1.165) is 31.4 Å². The molecule has 2 rings (SSSR count). The topological polar surface area (TPSA) is 61.4 Å². The van der Waals surface area contributed by atoms with E-state index in [1.54, 1.807) is 0 Å².